The molecule has 1 rings (SSSR count). The third-order valence-electron chi connectivity index (χ3n) is 3.54. The maximum atomic E-state index is 13.5. The summed E-state index contributed by atoms with van der Waals surface area (Å²) in [7, 11) is -3.84. The van der Waals surface area contributed by atoms with Crippen LogP contribution in [0.1, 0.15) is 33.3 Å². The number of benzene rings is 1. The summed E-state index contributed by atoms with van der Waals surface area (Å²) >= 11 is 0. The van der Waals surface area contributed by atoms with Crippen molar-refractivity contribution >= 4 is 10.0 Å². The van der Waals surface area contributed by atoms with E-state index in [9.17, 15) is 12.8 Å². The van der Waals surface area contributed by atoms with Crippen molar-refractivity contribution in [1.82, 2.24) is 4.90 Å². The third kappa shape index (κ3) is 5.37. The lowest BCUT2D eigenvalue weighted by Crippen LogP contribution is -2.35. The molecule has 1 aromatic carbocycles. The van der Waals surface area contributed by atoms with Crippen molar-refractivity contribution in [3.63, 3.8) is 0 Å². The van der Waals surface area contributed by atoms with Crippen LogP contribution in [-0.2, 0) is 16.4 Å². The van der Waals surface area contributed by atoms with Gasteiger partial charge in [-0.2, -0.15) is 0 Å². The van der Waals surface area contributed by atoms with Gasteiger partial charge in [-0.1, -0.05) is 27.7 Å². The highest BCUT2D eigenvalue weighted by atomic mass is 32.2. The van der Waals surface area contributed by atoms with Crippen LogP contribution in [-0.4, -0.2) is 33.0 Å². The molecular formula is C15H25FN2O2S. The predicted molar refractivity (Wildman–Crippen MR) is 83.0 cm³/mol. The molecule has 0 aliphatic heterocycles. The molecule has 4 nitrogen and oxygen atoms in total. The minimum absolute atomic E-state index is 0.0107. The number of hydrogen-bond donors (Lipinski definition) is 1. The lowest BCUT2D eigenvalue weighted by molar-refractivity contribution is 0.190. The molecule has 1 aromatic rings. The number of nitrogens with zero attached hydrogens (tertiary/aromatic N) is 1. The second-order valence-corrected chi connectivity index (χ2v) is 7.63. The molecular weight excluding hydrogens is 291 g/mol. The summed E-state index contributed by atoms with van der Waals surface area (Å²) in [5, 5.41) is 5.22. The highest BCUT2D eigenvalue weighted by Crippen LogP contribution is 2.27. The molecule has 21 heavy (non-hydrogen) atoms. The van der Waals surface area contributed by atoms with Gasteiger partial charge >= 0.3 is 0 Å². The number of primary sulfonamides is 1. The van der Waals surface area contributed by atoms with E-state index in [-0.39, 0.29) is 10.3 Å². The average molecular weight is 316 g/mol. The molecule has 0 saturated carbocycles. The van der Waals surface area contributed by atoms with Gasteiger partial charge in [-0.15, -0.1) is 0 Å². The summed E-state index contributed by atoms with van der Waals surface area (Å²) < 4.78 is 36.7. The molecule has 2 N–H and O–H groups in total. The van der Waals surface area contributed by atoms with Gasteiger partial charge in [-0.25, -0.2) is 17.9 Å². The Morgan fingerprint density at radius 1 is 1.24 bits per heavy atom. The minimum atomic E-state index is -3.84. The smallest absolute Gasteiger partial charge is 0.238 e. The molecule has 0 aromatic heterocycles. The average Bonchev–Trinajstić information content (AvgIpc) is 2.33. The van der Waals surface area contributed by atoms with Crippen LogP contribution in [0, 0.1) is 11.2 Å². The molecule has 0 radical (unpaired) electrons. The summed E-state index contributed by atoms with van der Waals surface area (Å²) in [5.41, 5.74) is 0.258. The van der Waals surface area contributed by atoms with Crippen LogP contribution in [0.15, 0.2) is 23.1 Å². The Morgan fingerprint density at radius 2 is 1.81 bits per heavy atom. The second-order valence-electron chi connectivity index (χ2n) is 6.10. The van der Waals surface area contributed by atoms with Gasteiger partial charge in [0.1, 0.15) is 5.82 Å². The topological polar surface area (TPSA) is 63.4 Å². The van der Waals surface area contributed by atoms with E-state index in [1.807, 2.05) is 13.8 Å². The van der Waals surface area contributed by atoms with Crippen molar-refractivity contribution in [2.24, 2.45) is 10.6 Å². The highest BCUT2D eigenvalue weighted by molar-refractivity contribution is 7.89. The normalized spacial score (nSPS) is 12.9. The van der Waals surface area contributed by atoms with Gasteiger partial charge in [0.05, 0.1) is 4.90 Å². The SMILES string of the molecule is CCN(CC)CC(C)(C)Cc1cc(F)ccc1S(N)(=O)=O. The summed E-state index contributed by atoms with van der Waals surface area (Å²) in [4.78, 5) is 2.27. The number of nitrogens with two attached hydrogens (primary N) is 1. The Morgan fingerprint density at radius 3 is 2.29 bits per heavy atom. The van der Waals surface area contributed by atoms with E-state index in [0.717, 1.165) is 25.7 Å². The molecule has 0 fully saturated rings. The molecule has 0 saturated heterocycles. The molecule has 120 valence electrons. The van der Waals surface area contributed by atoms with Crippen molar-refractivity contribution in [3.05, 3.63) is 29.6 Å². The van der Waals surface area contributed by atoms with Crippen molar-refractivity contribution in [2.75, 3.05) is 19.6 Å². The molecule has 0 amide bonds. The van der Waals surface area contributed by atoms with E-state index in [1.54, 1.807) is 0 Å². The third-order valence-corrected chi connectivity index (χ3v) is 4.56. The second kappa shape index (κ2) is 6.85. The summed E-state index contributed by atoms with van der Waals surface area (Å²) in [6.07, 6.45) is 0.451. The Bertz CT molecular complexity index is 581. The lowest BCUT2D eigenvalue weighted by atomic mass is 9.85. The van der Waals surface area contributed by atoms with Crippen molar-refractivity contribution in [2.45, 2.75) is 39.0 Å². The summed E-state index contributed by atoms with van der Waals surface area (Å²) in [6, 6.07) is 3.64. The monoisotopic (exact) mass is 316 g/mol. The van der Waals surface area contributed by atoms with Gasteiger partial charge in [0, 0.05) is 6.54 Å². The fraction of sp³-hybridized carbons (Fsp3) is 0.600. The molecule has 0 bridgehead atoms. The molecule has 6 heteroatoms. The molecule has 0 atom stereocenters. The van der Waals surface area contributed by atoms with Crippen molar-refractivity contribution in [1.29, 1.82) is 0 Å². The van der Waals surface area contributed by atoms with Crippen LogP contribution in [0.2, 0.25) is 0 Å². The van der Waals surface area contributed by atoms with Crippen LogP contribution in [0.25, 0.3) is 0 Å². The number of hydrogen-bond acceptors (Lipinski definition) is 3. The molecule has 0 spiro atoms. The van der Waals surface area contributed by atoms with E-state index in [0.29, 0.717) is 12.0 Å². The Kier molecular flexibility index (Phi) is 5.90. The summed E-state index contributed by atoms with van der Waals surface area (Å²) in [5.74, 6) is -0.448. The van der Waals surface area contributed by atoms with E-state index >= 15 is 0 Å². The van der Waals surface area contributed by atoms with Gasteiger partial charge in [0.25, 0.3) is 0 Å². The predicted octanol–water partition coefficient (Wildman–Crippen LogP) is 2.38. The first kappa shape index (κ1) is 18.1. The zero-order valence-corrected chi connectivity index (χ0v) is 14.0. The fourth-order valence-electron chi connectivity index (χ4n) is 2.59. The standard InChI is InChI=1S/C15H25FN2O2S/c1-5-18(6-2)11-15(3,4)10-12-9-13(16)7-8-14(12)21(17,19)20/h7-9H,5-6,10-11H2,1-4H3,(H2,17,19,20). The molecule has 0 aliphatic carbocycles. The van der Waals surface area contributed by atoms with E-state index in [1.165, 1.54) is 12.1 Å². The number of rotatable bonds is 7. The number of halogens is 1. The highest BCUT2D eigenvalue weighted by Gasteiger charge is 2.25. The van der Waals surface area contributed by atoms with Crippen LogP contribution in [0.4, 0.5) is 4.39 Å². The Balaban J connectivity index is 3.09. The lowest BCUT2D eigenvalue weighted by Gasteiger charge is -2.32. The van der Waals surface area contributed by atoms with Gasteiger partial charge in [0.15, 0.2) is 0 Å². The fourth-order valence-corrected chi connectivity index (χ4v) is 3.34. The maximum Gasteiger partial charge on any atom is 0.238 e. The Hall–Kier alpha value is -0.980. The van der Waals surface area contributed by atoms with Crippen LogP contribution in [0.5, 0.6) is 0 Å². The van der Waals surface area contributed by atoms with Gasteiger partial charge in [0.2, 0.25) is 10.0 Å². The molecule has 0 unspecified atom stereocenters. The largest absolute Gasteiger partial charge is 0.303 e. The van der Waals surface area contributed by atoms with Gasteiger partial charge in [-0.05, 0) is 48.7 Å². The van der Waals surface area contributed by atoms with E-state index < -0.39 is 15.8 Å². The van der Waals surface area contributed by atoms with Crippen molar-refractivity contribution in [3.8, 4) is 0 Å². The first-order chi connectivity index (χ1) is 9.59. The van der Waals surface area contributed by atoms with Crippen LogP contribution in [0.3, 0.4) is 0 Å². The molecule has 0 heterocycles. The van der Waals surface area contributed by atoms with Crippen LogP contribution >= 0.6 is 0 Å². The zero-order valence-electron chi connectivity index (χ0n) is 13.2. The first-order valence-corrected chi connectivity index (χ1v) is 8.67. The maximum absolute atomic E-state index is 13.5. The minimum Gasteiger partial charge on any atom is -0.303 e. The molecule has 0 aliphatic rings. The zero-order chi connectivity index (χ0) is 16.3. The quantitative estimate of drug-likeness (QED) is 0.840. The van der Waals surface area contributed by atoms with E-state index in [4.69, 9.17) is 5.14 Å². The first-order valence-electron chi connectivity index (χ1n) is 7.12. The van der Waals surface area contributed by atoms with Crippen LogP contribution < -0.4 is 5.14 Å². The van der Waals surface area contributed by atoms with Gasteiger partial charge in [-0.3, -0.25) is 0 Å². The van der Waals surface area contributed by atoms with Crippen molar-refractivity contribution < 1.29 is 12.8 Å². The summed E-state index contributed by atoms with van der Waals surface area (Å²) in [6.45, 7) is 10.9. The van der Waals surface area contributed by atoms with E-state index in [2.05, 4.69) is 18.7 Å². The number of sulfonamides is 1. The van der Waals surface area contributed by atoms with Gasteiger partial charge < -0.3 is 4.90 Å². The Labute approximate surface area is 127 Å².